The molecule has 4 atom stereocenters. The van der Waals surface area contributed by atoms with Crippen molar-refractivity contribution < 1.29 is 0 Å². The van der Waals surface area contributed by atoms with Crippen LogP contribution in [-0.2, 0) is 0 Å². The van der Waals surface area contributed by atoms with Crippen LogP contribution >= 0.6 is 0 Å². The normalized spacial score (nSPS) is 41.0. The molecule has 1 aliphatic rings. The van der Waals surface area contributed by atoms with Crippen LogP contribution in [0.15, 0.2) is 0 Å². The van der Waals surface area contributed by atoms with Crippen LogP contribution in [0.4, 0.5) is 0 Å². The van der Waals surface area contributed by atoms with Gasteiger partial charge < -0.3 is 0 Å². The molecule has 1 rings (SSSR count). The lowest BCUT2D eigenvalue weighted by molar-refractivity contribution is -0.0102. The second-order valence-electron chi connectivity index (χ2n) is 4.62. The van der Waals surface area contributed by atoms with Crippen molar-refractivity contribution >= 4 is 0 Å². The Balaban J connectivity index is 2.38. The van der Waals surface area contributed by atoms with Gasteiger partial charge >= 0.3 is 0 Å². The van der Waals surface area contributed by atoms with Gasteiger partial charge in [-0.1, -0.05) is 53.4 Å². The highest BCUT2D eigenvalue weighted by Crippen LogP contribution is 2.49. The van der Waals surface area contributed by atoms with Gasteiger partial charge in [0.05, 0.1) is 0 Å². The number of hydrogen-bond acceptors (Lipinski definition) is 0. The molecule has 0 N–H and O–H groups in total. The Bertz CT molecular complexity index is 112. The van der Waals surface area contributed by atoms with Crippen molar-refractivity contribution in [3.05, 3.63) is 0 Å². The van der Waals surface area contributed by atoms with Gasteiger partial charge in [0.2, 0.25) is 0 Å². The zero-order valence-electron chi connectivity index (χ0n) is 9.14. The minimum atomic E-state index is 1.00. The molecule has 4 unspecified atom stereocenters. The lowest BCUT2D eigenvalue weighted by Gasteiger charge is -2.50. The van der Waals surface area contributed by atoms with Crippen LogP contribution in [0, 0.1) is 23.7 Å². The topological polar surface area (TPSA) is 0 Å². The van der Waals surface area contributed by atoms with Crippen LogP contribution in [0.5, 0.6) is 0 Å². The van der Waals surface area contributed by atoms with Crippen LogP contribution in [0.1, 0.15) is 53.4 Å². The molecular weight excluding hydrogens is 144 g/mol. The minimum Gasteiger partial charge on any atom is -0.0654 e. The van der Waals surface area contributed by atoms with E-state index in [1.165, 1.54) is 25.7 Å². The van der Waals surface area contributed by atoms with E-state index in [1.54, 1.807) is 0 Å². The van der Waals surface area contributed by atoms with Crippen LogP contribution in [0.25, 0.3) is 0 Å². The SMILES string of the molecule is CCCC1C(C)C(C)C1CCC. The molecule has 0 saturated heterocycles. The Kier molecular flexibility index (Phi) is 3.61. The van der Waals surface area contributed by atoms with E-state index in [1.807, 2.05) is 0 Å². The van der Waals surface area contributed by atoms with Crippen molar-refractivity contribution in [1.82, 2.24) is 0 Å². The van der Waals surface area contributed by atoms with Crippen LogP contribution < -0.4 is 0 Å². The highest BCUT2D eigenvalue weighted by atomic mass is 14.5. The largest absolute Gasteiger partial charge is 0.0654 e. The molecule has 0 heterocycles. The van der Waals surface area contributed by atoms with Crippen LogP contribution in [0.2, 0.25) is 0 Å². The molecule has 0 aromatic heterocycles. The van der Waals surface area contributed by atoms with Crippen LogP contribution in [0.3, 0.4) is 0 Å². The Morgan fingerprint density at radius 2 is 1.08 bits per heavy atom. The van der Waals surface area contributed by atoms with E-state index in [0.29, 0.717) is 0 Å². The summed E-state index contributed by atoms with van der Waals surface area (Å²) >= 11 is 0. The summed E-state index contributed by atoms with van der Waals surface area (Å²) in [5.74, 6) is 4.12. The third-order valence-electron chi connectivity index (χ3n) is 3.97. The maximum atomic E-state index is 2.44. The van der Waals surface area contributed by atoms with E-state index in [2.05, 4.69) is 27.7 Å². The molecule has 1 aliphatic carbocycles. The second kappa shape index (κ2) is 4.30. The van der Waals surface area contributed by atoms with Crippen LogP contribution in [-0.4, -0.2) is 0 Å². The molecular formula is C12H24. The number of rotatable bonds is 4. The van der Waals surface area contributed by atoms with Crippen molar-refractivity contribution in [2.24, 2.45) is 23.7 Å². The predicted octanol–water partition coefficient (Wildman–Crippen LogP) is 4.10. The van der Waals surface area contributed by atoms with Gasteiger partial charge in [0.1, 0.15) is 0 Å². The molecule has 0 heteroatoms. The molecule has 0 spiro atoms. The smallest absolute Gasteiger partial charge is 0.0355 e. The fraction of sp³-hybridized carbons (Fsp3) is 1.00. The average Bonchev–Trinajstić information content (AvgIpc) is 2.10. The summed E-state index contributed by atoms with van der Waals surface area (Å²) in [6.45, 7) is 9.52. The fourth-order valence-electron chi connectivity index (χ4n) is 3.03. The monoisotopic (exact) mass is 168 g/mol. The van der Waals surface area contributed by atoms with E-state index in [0.717, 1.165) is 23.7 Å². The summed E-state index contributed by atoms with van der Waals surface area (Å²) < 4.78 is 0. The summed E-state index contributed by atoms with van der Waals surface area (Å²) in [6.07, 6.45) is 5.69. The Morgan fingerprint density at radius 1 is 0.750 bits per heavy atom. The Labute approximate surface area is 77.7 Å². The standard InChI is InChI=1S/C12H24/c1-5-7-11-9(3)10(4)12(11)8-6-2/h9-12H,5-8H2,1-4H3. The van der Waals surface area contributed by atoms with Gasteiger partial charge in [-0.25, -0.2) is 0 Å². The van der Waals surface area contributed by atoms with Gasteiger partial charge in [-0.2, -0.15) is 0 Å². The molecule has 0 aromatic rings. The quantitative estimate of drug-likeness (QED) is 0.592. The lowest BCUT2D eigenvalue weighted by Crippen LogP contribution is -2.43. The van der Waals surface area contributed by atoms with E-state index in [9.17, 15) is 0 Å². The summed E-state index contributed by atoms with van der Waals surface area (Å²) in [5.41, 5.74) is 0. The molecule has 0 amide bonds. The second-order valence-corrected chi connectivity index (χ2v) is 4.62. The van der Waals surface area contributed by atoms with E-state index < -0.39 is 0 Å². The summed E-state index contributed by atoms with van der Waals surface area (Å²) in [6, 6.07) is 0. The van der Waals surface area contributed by atoms with E-state index in [4.69, 9.17) is 0 Å². The third kappa shape index (κ3) is 1.67. The minimum absolute atomic E-state index is 1.00. The van der Waals surface area contributed by atoms with Gasteiger partial charge in [0.25, 0.3) is 0 Å². The third-order valence-corrected chi connectivity index (χ3v) is 3.97. The van der Waals surface area contributed by atoms with Crippen molar-refractivity contribution in [2.75, 3.05) is 0 Å². The molecule has 12 heavy (non-hydrogen) atoms. The number of hydrogen-bond donors (Lipinski definition) is 0. The first-order valence-corrected chi connectivity index (χ1v) is 5.72. The van der Waals surface area contributed by atoms with Gasteiger partial charge in [-0.05, 0) is 23.7 Å². The van der Waals surface area contributed by atoms with Crippen molar-refractivity contribution in [1.29, 1.82) is 0 Å². The first-order valence-electron chi connectivity index (χ1n) is 5.72. The highest BCUT2D eigenvalue weighted by molar-refractivity contribution is 4.91. The molecule has 0 aromatic carbocycles. The first-order chi connectivity index (χ1) is 5.72. The molecule has 1 fully saturated rings. The summed E-state index contributed by atoms with van der Waals surface area (Å²) in [5, 5.41) is 0. The van der Waals surface area contributed by atoms with Crippen molar-refractivity contribution in [2.45, 2.75) is 53.4 Å². The highest BCUT2D eigenvalue weighted by Gasteiger charge is 2.42. The van der Waals surface area contributed by atoms with Crippen molar-refractivity contribution in [3.8, 4) is 0 Å². The average molecular weight is 168 g/mol. The predicted molar refractivity (Wildman–Crippen MR) is 55.1 cm³/mol. The summed E-state index contributed by atoms with van der Waals surface area (Å²) in [4.78, 5) is 0. The van der Waals surface area contributed by atoms with E-state index >= 15 is 0 Å². The summed E-state index contributed by atoms with van der Waals surface area (Å²) in [7, 11) is 0. The Morgan fingerprint density at radius 3 is 1.33 bits per heavy atom. The molecule has 0 bridgehead atoms. The zero-order chi connectivity index (χ0) is 9.14. The van der Waals surface area contributed by atoms with Gasteiger partial charge in [-0.15, -0.1) is 0 Å². The van der Waals surface area contributed by atoms with Gasteiger partial charge in [-0.3, -0.25) is 0 Å². The fourth-order valence-corrected chi connectivity index (χ4v) is 3.03. The molecule has 0 radical (unpaired) electrons. The first kappa shape index (κ1) is 10.1. The maximum Gasteiger partial charge on any atom is -0.0355 e. The maximum absolute atomic E-state index is 2.44. The molecule has 0 aliphatic heterocycles. The van der Waals surface area contributed by atoms with Gasteiger partial charge in [0, 0.05) is 0 Å². The van der Waals surface area contributed by atoms with Gasteiger partial charge in [0.15, 0.2) is 0 Å². The van der Waals surface area contributed by atoms with E-state index in [-0.39, 0.29) is 0 Å². The Hall–Kier alpha value is 0. The lowest BCUT2D eigenvalue weighted by atomic mass is 9.55. The molecule has 1 saturated carbocycles. The van der Waals surface area contributed by atoms with Crippen molar-refractivity contribution in [3.63, 3.8) is 0 Å². The zero-order valence-corrected chi connectivity index (χ0v) is 9.14. The molecule has 0 nitrogen and oxygen atoms in total. The molecule has 72 valence electrons.